The highest BCUT2D eigenvalue weighted by molar-refractivity contribution is 8.14. The van der Waals surface area contributed by atoms with E-state index in [-0.39, 0.29) is 28.6 Å². The van der Waals surface area contributed by atoms with E-state index in [0.29, 0.717) is 17.8 Å². The summed E-state index contributed by atoms with van der Waals surface area (Å²) in [5, 5.41) is 2.39. The van der Waals surface area contributed by atoms with E-state index in [1.54, 1.807) is 13.0 Å². The molecule has 34 heavy (non-hydrogen) atoms. The van der Waals surface area contributed by atoms with Crippen molar-refractivity contribution in [1.29, 1.82) is 0 Å². The molecule has 2 aromatic heterocycles. The number of amidine groups is 1. The molecule has 1 amide bonds. The number of hydrogen-bond acceptors (Lipinski definition) is 9. The highest BCUT2D eigenvalue weighted by atomic mass is 32.2. The van der Waals surface area contributed by atoms with Crippen LogP contribution in [0.15, 0.2) is 35.7 Å². The lowest BCUT2D eigenvalue weighted by Crippen LogP contribution is -2.36. The SMILES string of the molecule is C[C@@]1(c2cc(NC(=O)c3cnc(OCC(F)(F)F)cn3)ccn2)C[C@@H](COC(F)F)SC(N)=N1. The van der Waals surface area contributed by atoms with Gasteiger partial charge in [-0.05, 0) is 25.5 Å². The number of carbonyl (C=O) groups is 1. The maximum Gasteiger partial charge on any atom is 0.422 e. The number of nitrogens with zero attached hydrogens (tertiary/aromatic N) is 4. The van der Waals surface area contributed by atoms with Gasteiger partial charge < -0.3 is 20.5 Å². The van der Waals surface area contributed by atoms with Crippen LogP contribution >= 0.6 is 11.8 Å². The van der Waals surface area contributed by atoms with Crippen LogP contribution in [-0.2, 0) is 10.3 Å². The number of thioether (sulfide) groups is 1. The Kier molecular flexibility index (Phi) is 7.86. The van der Waals surface area contributed by atoms with Crippen LogP contribution in [0.1, 0.15) is 29.5 Å². The van der Waals surface area contributed by atoms with Gasteiger partial charge in [0.05, 0.1) is 24.7 Å². The number of nitrogens with one attached hydrogen (secondary N) is 1. The molecule has 3 heterocycles. The van der Waals surface area contributed by atoms with E-state index in [1.807, 2.05) is 0 Å². The number of ether oxygens (including phenoxy) is 2. The number of aromatic nitrogens is 3. The average molecular weight is 506 g/mol. The van der Waals surface area contributed by atoms with Gasteiger partial charge in [0, 0.05) is 17.1 Å². The first kappa shape index (κ1) is 25.6. The molecule has 184 valence electrons. The Morgan fingerprint density at radius 3 is 2.74 bits per heavy atom. The fourth-order valence-corrected chi connectivity index (χ4v) is 4.22. The standard InChI is InChI=1S/C19H19F5N6O3S/c1-18(5-11(8-32-16(20)21)34-17(25)30-18)13-4-10(2-3-26-13)29-15(31)12-6-28-14(7-27-12)33-9-19(22,23)24/h2-4,6-7,11,16H,5,8-9H2,1H3,(H2,25,30)(H,26,29,31)/t11-,18-/m0/s1. The first-order valence-corrected chi connectivity index (χ1v) is 10.5. The molecule has 15 heteroatoms. The van der Waals surface area contributed by atoms with E-state index in [2.05, 4.69) is 34.7 Å². The Balaban J connectivity index is 1.69. The van der Waals surface area contributed by atoms with Crippen molar-refractivity contribution in [2.45, 2.75) is 36.9 Å². The van der Waals surface area contributed by atoms with E-state index < -0.39 is 30.8 Å². The fourth-order valence-electron chi connectivity index (χ4n) is 3.07. The van der Waals surface area contributed by atoms with Crippen molar-refractivity contribution in [3.8, 4) is 5.88 Å². The molecule has 0 saturated carbocycles. The van der Waals surface area contributed by atoms with Gasteiger partial charge in [0.15, 0.2) is 11.8 Å². The summed E-state index contributed by atoms with van der Waals surface area (Å²) in [5.41, 5.74) is 5.51. The van der Waals surface area contributed by atoms with Gasteiger partial charge in [-0.1, -0.05) is 11.8 Å². The molecule has 0 aliphatic carbocycles. The monoisotopic (exact) mass is 506 g/mol. The zero-order chi connectivity index (χ0) is 24.9. The second kappa shape index (κ2) is 10.5. The van der Waals surface area contributed by atoms with Gasteiger partial charge in [-0.25, -0.2) is 15.0 Å². The molecule has 3 rings (SSSR count). The third-order valence-corrected chi connectivity index (χ3v) is 5.46. The number of rotatable bonds is 8. The van der Waals surface area contributed by atoms with Crippen LogP contribution in [0.25, 0.3) is 0 Å². The summed E-state index contributed by atoms with van der Waals surface area (Å²) >= 11 is 1.13. The van der Waals surface area contributed by atoms with Gasteiger partial charge in [0.1, 0.15) is 11.2 Å². The molecule has 0 aromatic carbocycles. The number of nitrogens with two attached hydrogens (primary N) is 1. The van der Waals surface area contributed by atoms with E-state index >= 15 is 0 Å². The molecule has 3 N–H and O–H groups in total. The molecule has 9 nitrogen and oxygen atoms in total. The number of alkyl halides is 5. The molecular formula is C19H19F5N6O3S. The minimum atomic E-state index is -4.53. The summed E-state index contributed by atoms with van der Waals surface area (Å²) < 4.78 is 70.3. The van der Waals surface area contributed by atoms with Crippen molar-refractivity contribution >= 4 is 28.5 Å². The first-order valence-electron chi connectivity index (χ1n) is 9.65. The lowest BCUT2D eigenvalue weighted by molar-refractivity contribution is -0.154. The maximum absolute atomic E-state index is 12.5. The van der Waals surface area contributed by atoms with Crippen LogP contribution in [0.3, 0.4) is 0 Å². The van der Waals surface area contributed by atoms with Crippen LogP contribution in [0.2, 0.25) is 0 Å². The molecule has 0 saturated heterocycles. The maximum atomic E-state index is 12.5. The Morgan fingerprint density at radius 1 is 1.32 bits per heavy atom. The van der Waals surface area contributed by atoms with Crippen molar-refractivity contribution in [1.82, 2.24) is 15.0 Å². The average Bonchev–Trinajstić information content (AvgIpc) is 2.76. The molecule has 0 unspecified atom stereocenters. The Bertz CT molecular complexity index is 1040. The smallest absolute Gasteiger partial charge is 0.422 e. The first-order chi connectivity index (χ1) is 15.9. The highest BCUT2D eigenvalue weighted by Crippen LogP contribution is 2.39. The largest absolute Gasteiger partial charge is 0.467 e. The van der Waals surface area contributed by atoms with Crippen molar-refractivity contribution in [3.63, 3.8) is 0 Å². The summed E-state index contributed by atoms with van der Waals surface area (Å²) in [6.45, 7) is -2.94. The second-order valence-corrected chi connectivity index (χ2v) is 8.61. The Morgan fingerprint density at radius 2 is 2.09 bits per heavy atom. The van der Waals surface area contributed by atoms with Crippen LogP contribution in [-0.4, -0.2) is 57.3 Å². The van der Waals surface area contributed by atoms with E-state index in [9.17, 15) is 26.7 Å². The lowest BCUT2D eigenvalue weighted by atomic mass is 9.91. The molecule has 0 fully saturated rings. The van der Waals surface area contributed by atoms with E-state index in [1.165, 1.54) is 12.3 Å². The molecule has 0 bridgehead atoms. The minimum Gasteiger partial charge on any atom is -0.467 e. The quantitative estimate of drug-likeness (QED) is 0.523. The summed E-state index contributed by atoms with van der Waals surface area (Å²) in [6, 6.07) is 3.05. The van der Waals surface area contributed by atoms with Crippen LogP contribution in [0, 0.1) is 0 Å². The topological polar surface area (TPSA) is 125 Å². The van der Waals surface area contributed by atoms with Crippen molar-refractivity contribution in [2.75, 3.05) is 18.5 Å². The number of carbonyl (C=O) groups excluding carboxylic acids is 1. The Hall–Kier alpha value is -3.07. The molecule has 1 aliphatic rings. The highest BCUT2D eigenvalue weighted by Gasteiger charge is 2.36. The predicted molar refractivity (Wildman–Crippen MR) is 113 cm³/mol. The second-order valence-electron chi connectivity index (χ2n) is 7.29. The summed E-state index contributed by atoms with van der Waals surface area (Å²) in [5.74, 6) is -1.06. The summed E-state index contributed by atoms with van der Waals surface area (Å²) in [7, 11) is 0. The number of hydrogen-bond donors (Lipinski definition) is 2. The van der Waals surface area contributed by atoms with Crippen molar-refractivity contribution < 1.29 is 36.2 Å². The number of amides is 1. The van der Waals surface area contributed by atoms with Gasteiger partial charge in [-0.2, -0.15) is 22.0 Å². The number of anilines is 1. The number of halogens is 5. The van der Waals surface area contributed by atoms with Crippen molar-refractivity contribution in [3.05, 3.63) is 42.1 Å². The van der Waals surface area contributed by atoms with Gasteiger partial charge in [-0.15, -0.1) is 0 Å². The molecule has 0 radical (unpaired) electrons. The molecule has 2 atom stereocenters. The number of aliphatic imine (C=N–C) groups is 1. The predicted octanol–water partition coefficient (Wildman–Crippen LogP) is 3.34. The van der Waals surface area contributed by atoms with E-state index in [0.717, 1.165) is 24.2 Å². The number of pyridine rings is 1. The fraction of sp³-hybridized carbons (Fsp3) is 0.421. The lowest BCUT2D eigenvalue weighted by Gasteiger charge is -2.33. The summed E-state index contributed by atoms with van der Waals surface area (Å²) in [4.78, 5) is 28.6. The Labute approximate surface area is 194 Å². The zero-order valence-corrected chi connectivity index (χ0v) is 18.4. The molecule has 1 aliphatic heterocycles. The van der Waals surface area contributed by atoms with Crippen molar-refractivity contribution in [2.24, 2.45) is 10.7 Å². The summed E-state index contributed by atoms with van der Waals surface area (Å²) in [6.07, 6.45) is -0.927. The van der Waals surface area contributed by atoms with Gasteiger partial charge in [0.2, 0.25) is 5.88 Å². The van der Waals surface area contributed by atoms with Gasteiger partial charge in [0.25, 0.3) is 5.91 Å². The minimum absolute atomic E-state index is 0.163. The normalized spacial score (nSPS) is 20.7. The van der Waals surface area contributed by atoms with Gasteiger partial charge in [-0.3, -0.25) is 9.78 Å². The molecule has 0 spiro atoms. The molecular weight excluding hydrogens is 487 g/mol. The molecule has 2 aromatic rings. The van der Waals surface area contributed by atoms with Gasteiger partial charge >= 0.3 is 12.8 Å². The third-order valence-electron chi connectivity index (χ3n) is 4.49. The van der Waals surface area contributed by atoms with Crippen LogP contribution < -0.4 is 15.8 Å². The zero-order valence-electron chi connectivity index (χ0n) is 17.6. The third kappa shape index (κ3) is 7.21. The van der Waals surface area contributed by atoms with Crippen LogP contribution in [0.5, 0.6) is 5.88 Å². The van der Waals surface area contributed by atoms with E-state index in [4.69, 9.17) is 5.73 Å². The van der Waals surface area contributed by atoms with Crippen LogP contribution in [0.4, 0.5) is 27.6 Å².